The number of carbonyl (C=O) groups excluding carboxylic acids is 6. The summed E-state index contributed by atoms with van der Waals surface area (Å²) in [6, 6.07) is 21.2. The first-order valence-electron chi connectivity index (χ1n) is 15.1. The van der Waals surface area contributed by atoms with Gasteiger partial charge >= 0.3 is 0 Å². The third-order valence-corrected chi connectivity index (χ3v) is 7.75. The summed E-state index contributed by atoms with van der Waals surface area (Å²) >= 11 is 0. The summed E-state index contributed by atoms with van der Waals surface area (Å²) in [5.41, 5.74) is 5.96. The van der Waals surface area contributed by atoms with Crippen LogP contribution in [0.3, 0.4) is 0 Å². The Morgan fingerprint density at radius 1 is 0.783 bits per heavy atom. The molecule has 0 heterocycles. The normalized spacial score (nSPS) is 13.1. The van der Waals surface area contributed by atoms with Gasteiger partial charge in [0.2, 0.25) is 17.6 Å². The molecule has 0 saturated heterocycles. The maximum absolute atomic E-state index is 14.5. The molecule has 10 heteroatoms. The standard InChI is InChI=1S/C36H40FN3O6/c1-23(32(43)34(45)40-30(19-25-14-8-5-9-15-25)31(42)22-36(2,3)35(38)46)39-33(44)27(20-26-16-10-11-17-29(26)37)21-28(41)18-24-12-6-4-7-13-24/h4-17,23,27,30H,18-22H2,1-3H3,(H2,38,46)(H,39,44)(H,40,45). The molecule has 9 nitrogen and oxygen atoms in total. The van der Waals surface area contributed by atoms with Crippen molar-refractivity contribution >= 4 is 35.1 Å². The van der Waals surface area contributed by atoms with Crippen LogP contribution in [-0.2, 0) is 48.0 Å². The van der Waals surface area contributed by atoms with Crippen molar-refractivity contribution in [2.24, 2.45) is 17.1 Å². The van der Waals surface area contributed by atoms with Crippen LogP contribution in [0.5, 0.6) is 0 Å². The SMILES string of the molecule is CC(NC(=O)C(CC(=O)Cc1ccccc1)Cc1ccccc1F)C(=O)C(=O)NC(Cc1ccccc1)C(=O)CC(C)(C)C(N)=O. The highest BCUT2D eigenvalue weighted by Crippen LogP contribution is 2.22. The van der Waals surface area contributed by atoms with Crippen molar-refractivity contribution in [2.45, 2.75) is 65.0 Å². The third kappa shape index (κ3) is 10.6. The number of amides is 3. The van der Waals surface area contributed by atoms with Crippen LogP contribution in [0.4, 0.5) is 4.39 Å². The second-order valence-corrected chi connectivity index (χ2v) is 12.1. The van der Waals surface area contributed by atoms with E-state index in [0.29, 0.717) is 5.56 Å². The van der Waals surface area contributed by atoms with Crippen molar-refractivity contribution in [2.75, 3.05) is 0 Å². The first kappa shape index (κ1) is 35.5. The molecule has 0 aliphatic rings. The molecule has 3 aromatic rings. The molecule has 0 radical (unpaired) electrons. The molecule has 46 heavy (non-hydrogen) atoms. The average Bonchev–Trinajstić information content (AvgIpc) is 3.01. The molecule has 3 atom stereocenters. The number of primary amides is 1. The molecule has 0 fully saturated rings. The Hall–Kier alpha value is -4.99. The van der Waals surface area contributed by atoms with E-state index < -0.39 is 58.5 Å². The van der Waals surface area contributed by atoms with E-state index in [1.807, 2.05) is 6.07 Å². The molecule has 0 aliphatic carbocycles. The van der Waals surface area contributed by atoms with E-state index in [2.05, 4.69) is 10.6 Å². The first-order valence-corrected chi connectivity index (χ1v) is 15.1. The van der Waals surface area contributed by atoms with E-state index in [1.165, 1.54) is 39.0 Å². The smallest absolute Gasteiger partial charge is 0.290 e. The summed E-state index contributed by atoms with van der Waals surface area (Å²) in [5, 5.41) is 4.98. The van der Waals surface area contributed by atoms with Gasteiger partial charge in [-0.3, -0.25) is 28.8 Å². The zero-order chi connectivity index (χ0) is 33.9. The molecule has 3 aromatic carbocycles. The predicted molar refractivity (Wildman–Crippen MR) is 171 cm³/mol. The van der Waals surface area contributed by atoms with Crippen molar-refractivity contribution in [1.82, 2.24) is 10.6 Å². The Balaban J connectivity index is 1.73. The monoisotopic (exact) mass is 629 g/mol. The molecule has 242 valence electrons. The lowest BCUT2D eigenvalue weighted by atomic mass is 9.84. The van der Waals surface area contributed by atoms with Crippen LogP contribution in [0, 0.1) is 17.2 Å². The van der Waals surface area contributed by atoms with Crippen molar-refractivity contribution in [3.8, 4) is 0 Å². The van der Waals surface area contributed by atoms with E-state index in [9.17, 15) is 33.2 Å². The molecule has 0 aliphatic heterocycles. The summed E-state index contributed by atoms with van der Waals surface area (Å²) in [6.45, 7) is 4.34. The summed E-state index contributed by atoms with van der Waals surface area (Å²) in [7, 11) is 0. The number of Topliss-reactive ketones (excluding diaryl/α,β-unsaturated/α-hetero) is 3. The minimum Gasteiger partial charge on any atom is -0.369 e. The Bertz CT molecular complexity index is 1560. The van der Waals surface area contributed by atoms with Gasteiger partial charge < -0.3 is 16.4 Å². The quantitative estimate of drug-likeness (QED) is 0.195. The van der Waals surface area contributed by atoms with Gasteiger partial charge in [0, 0.05) is 25.2 Å². The van der Waals surface area contributed by atoms with Gasteiger partial charge in [-0.15, -0.1) is 0 Å². The number of rotatable bonds is 17. The van der Waals surface area contributed by atoms with Gasteiger partial charge in [0.05, 0.1) is 17.5 Å². The molecule has 0 aromatic heterocycles. The largest absolute Gasteiger partial charge is 0.369 e. The number of hydrogen-bond donors (Lipinski definition) is 3. The maximum Gasteiger partial charge on any atom is 0.290 e. The lowest BCUT2D eigenvalue weighted by Gasteiger charge is -2.24. The van der Waals surface area contributed by atoms with Crippen molar-refractivity contribution in [3.63, 3.8) is 0 Å². The minimum atomic E-state index is -1.32. The second kappa shape index (κ2) is 16.4. The number of nitrogens with one attached hydrogen (secondary N) is 2. The fraction of sp³-hybridized carbons (Fsp3) is 0.333. The topological polar surface area (TPSA) is 152 Å². The first-order chi connectivity index (χ1) is 21.8. The van der Waals surface area contributed by atoms with Crippen molar-refractivity contribution in [3.05, 3.63) is 107 Å². The number of ketones is 3. The molecular weight excluding hydrogens is 589 g/mol. The Morgan fingerprint density at radius 2 is 1.35 bits per heavy atom. The number of halogens is 1. The van der Waals surface area contributed by atoms with Crippen LogP contribution < -0.4 is 16.4 Å². The lowest BCUT2D eigenvalue weighted by Crippen LogP contribution is -2.52. The zero-order valence-electron chi connectivity index (χ0n) is 26.3. The van der Waals surface area contributed by atoms with Crippen LogP contribution in [0.2, 0.25) is 0 Å². The average molecular weight is 630 g/mol. The highest BCUT2D eigenvalue weighted by atomic mass is 19.1. The summed E-state index contributed by atoms with van der Waals surface area (Å²) < 4.78 is 14.5. The second-order valence-electron chi connectivity index (χ2n) is 12.1. The van der Waals surface area contributed by atoms with Crippen LogP contribution >= 0.6 is 0 Å². The number of carbonyl (C=O) groups is 6. The van der Waals surface area contributed by atoms with Crippen LogP contribution in [-0.4, -0.2) is 47.2 Å². The fourth-order valence-electron chi connectivity index (χ4n) is 4.92. The van der Waals surface area contributed by atoms with Crippen molar-refractivity contribution in [1.29, 1.82) is 0 Å². The van der Waals surface area contributed by atoms with Crippen LogP contribution in [0.1, 0.15) is 50.3 Å². The molecular formula is C36H40FN3O6. The van der Waals surface area contributed by atoms with E-state index >= 15 is 0 Å². The Labute approximate surface area is 268 Å². The highest BCUT2D eigenvalue weighted by molar-refractivity contribution is 6.38. The molecule has 0 bridgehead atoms. The van der Waals surface area contributed by atoms with E-state index in [0.717, 1.165) is 5.56 Å². The Morgan fingerprint density at radius 3 is 1.93 bits per heavy atom. The number of benzene rings is 3. The van der Waals surface area contributed by atoms with E-state index in [1.54, 1.807) is 60.7 Å². The van der Waals surface area contributed by atoms with Gasteiger partial charge in [0.25, 0.3) is 5.91 Å². The summed E-state index contributed by atoms with van der Waals surface area (Å²) in [5.74, 6) is -5.81. The number of nitrogens with two attached hydrogens (primary N) is 1. The van der Waals surface area contributed by atoms with Gasteiger partial charge in [-0.1, -0.05) is 92.7 Å². The van der Waals surface area contributed by atoms with Gasteiger partial charge in [0.1, 0.15) is 11.6 Å². The number of hydrogen-bond acceptors (Lipinski definition) is 6. The third-order valence-electron chi connectivity index (χ3n) is 7.75. The van der Waals surface area contributed by atoms with E-state index in [4.69, 9.17) is 5.73 Å². The maximum atomic E-state index is 14.5. The van der Waals surface area contributed by atoms with Gasteiger partial charge in [-0.2, -0.15) is 0 Å². The Kier molecular flexibility index (Phi) is 12.6. The van der Waals surface area contributed by atoms with Gasteiger partial charge in [-0.25, -0.2) is 4.39 Å². The van der Waals surface area contributed by atoms with Crippen molar-refractivity contribution < 1.29 is 33.2 Å². The van der Waals surface area contributed by atoms with E-state index in [-0.39, 0.29) is 43.5 Å². The molecule has 0 saturated carbocycles. The lowest BCUT2D eigenvalue weighted by molar-refractivity contribution is -0.141. The van der Waals surface area contributed by atoms with Crippen LogP contribution in [0.15, 0.2) is 84.9 Å². The summed E-state index contributed by atoms with van der Waals surface area (Å²) in [6.07, 6.45) is -0.457. The molecule has 0 spiro atoms. The fourth-order valence-corrected chi connectivity index (χ4v) is 4.92. The summed E-state index contributed by atoms with van der Waals surface area (Å²) in [4.78, 5) is 77.7. The minimum absolute atomic E-state index is 0.0581. The van der Waals surface area contributed by atoms with Gasteiger partial charge in [0.15, 0.2) is 5.78 Å². The van der Waals surface area contributed by atoms with Crippen LogP contribution in [0.25, 0.3) is 0 Å². The molecule has 3 rings (SSSR count). The molecule has 3 amide bonds. The molecule has 3 unspecified atom stereocenters. The molecule has 4 N–H and O–H groups in total. The predicted octanol–water partition coefficient (Wildman–Crippen LogP) is 3.46. The highest BCUT2D eigenvalue weighted by Gasteiger charge is 2.34. The van der Waals surface area contributed by atoms with Gasteiger partial charge in [-0.05, 0) is 42.5 Å². The zero-order valence-corrected chi connectivity index (χ0v) is 26.3.